The molecule has 4 heteroatoms. The van der Waals surface area contributed by atoms with E-state index in [2.05, 4.69) is 5.10 Å². The van der Waals surface area contributed by atoms with Crippen LogP contribution in [-0.4, -0.2) is 9.78 Å². The summed E-state index contributed by atoms with van der Waals surface area (Å²) in [6, 6.07) is 6.71. The van der Waals surface area contributed by atoms with Crippen LogP contribution in [-0.2, 0) is 13.0 Å². The van der Waals surface area contributed by atoms with Crippen LogP contribution in [0.5, 0.6) is 0 Å². The van der Waals surface area contributed by atoms with E-state index >= 15 is 0 Å². The second kappa shape index (κ2) is 4.78. The quantitative estimate of drug-likeness (QED) is 0.901. The summed E-state index contributed by atoms with van der Waals surface area (Å²) >= 11 is 0. The van der Waals surface area contributed by atoms with Gasteiger partial charge in [-0.2, -0.15) is 5.10 Å². The molecule has 19 heavy (non-hydrogen) atoms. The lowest BCUT2D eigenvalue weighted by molar-refractivity contribution is 0.537. The minimum Gasteiger partial charge on any atom is -0.324 e. The molecule has 3 rings (SSSR count). The molecule has 1 atom stereocenters. The average molecular weight is 259 g/mol. The molecular formula is C15H18FN3. The number of nitrogens with two attached hydrogens (primary N) is 1. The first kappa shape index (κ1) is 12.4. The van der Waals surface area contributed by atoms with Crippen LogP contribution >= 0.6 is 0 Å². The van der Waals surface area contributed by atoms with E-state index in [0.29, 0.717) is 6.54 Å². The Balaban J connectivity index is 1.93. The molecule has 2 aromatic rings. The maximum absolute atomic E-state index is 12.9. The summed E-state index contributed by atoms with van der Waals surface area (Å²) < 4.78 is 14.9. The zero-order valence-corrected chi connectivity index (χ0v) is 11.1. The normalized spacial score (nSPS) is 18.4. The Morgan fingerprint density at radius 1 is 1.37 bits per heavy atom. The molecule has 1 aromatic carbocycles. The van der Waals surface area contributed by atoms with Gasteiger partial charge in [-0.1, -0.05) is 12.1 Å². The molecule has 0 aliphatic heterocycles. The van der Waals surface area contributed by atoms with Crippen LogP contribution in [0.4, 0.5) is 4.39 Å². The zero-order chi connectivity index (χ0) is 13.4. The molecule has 0 fully saturated rings. The van der Waals surface area contributed by atoms with Gasteiger partial charge >= 0.3 is 0 Å². The van der Waals surface area contributed by atoms with Gasteiger partial charge in [-0.25, -0.2) is 4.39 Å². The minimum absolute atomic E-state index is 0.116. The number of aromatic nitrogens is 2. The van der Waals surface area contributed by atoms with Gasteiger partial charge in [0, 0.05) is 17.3 Å². The molecule has 1 unspecified atom stereocenters. The predicted molar refractivity (Wildman–Crippen MR) is 72.3 cm³/mol. The molecule has 1 heterocycles. The Kier molecular flexibility index (Phi) is 3.11. The smallest absolute Gasteiger partial charge is 0.123 e. The Morgan fingerprint density at radius 3 is 2.84 bits per heavy atom. The van der Waals surface area contributed by atoms with Crippen LogP contribution in [0.3, 0.4) is 0 Å². The van der Waals surface area contributed by atoms with E-state index in [1.807, 2.05) is 23.7 Å². The van der Waals surface area contributed by atoms with Gasteiger partial charge in [0.1, 0.15) is 5.82 Å². The van der Waals surface area contributed by atoms with Crippen LogP contribution < -0.4 is 5.73 Å². The van der Waals surface area contributed by atoms with Gasteiger partial charge in [0.2, 0.25) is 0 Å². The number of hydrogen-bond acceptors (Lipinski definition) is 2. The lowest BCUT2D eigenvalue weighted by atomic mass is 9.92. The molecule has 0 amide bonds. The largest absolute Gasteiger partial charge is 0.324 e. The molecule has 1 aromatic heterocycles. The van der Waals surface area contributed by atoms with Crippen molar-refractivity contribution in [2.75, 3.05) is 0 Å². The third-order valence-electron chi connectivity index (χ3n) is 3.83. The van der Waals surface area contributed by atoms with Gasteiger partial charge in [0.15, 0.2) is 0 Å². The fraction of sp³-hybridized carbons (Fsp3) is 0.400. The van der Waals surface area contributed by atoms with Crippen molar-refractivity contribution in [3.63, 3.8) is 0 Å². The number of benzene rings is 1. The molecule has 3 nitrogen and oxygen atoms in total. The molecule has 2 N–H and O–H groups in total. The number of fused-ring (bicyclic) bond motifs is 1. The van der Waals surface area contributed by atoms with Gasteiger partial charge in [0.25, 0.3) is 0 Å². The van der Waals surface area contributed by atoms with E-state index in [4.69, 9.17) is 5.73 Å². The lowest BCUT2D eigenvalue weighted by Crippen LogP contribution is -2.19. The van der Waals surface area contributed by atoms with E-state index < -0.39 is 0 Å². The minimum atomic E-state index is -0.204. The highest BCUT2D eigenvalue weighted by Crippen LogP contribution is 2.30. The molecule has 0 radical (unpaired) electrons. The van der Waals surface area contributed by atoms with E-state index in [0.717, 1.165) is 30.5 Å². The molecule has 100 valence electrons. The maximum Gasteiger partial charge on any atom is 0.123 e. The second-order valence-electron chi connectivity index (χ2n) is 5.23. The highest BCUT2D eigenvalue weighted by Gasteiger charge is 2.24. The maximum atomic E-state index is 12.9. The third kappa shape index (κ3) is 2.28. The summed E-state index contributed by atoms with van der Waals surface area (Å²) in [4.78, 5) is 0. The van der Waals surface area contributed by atoms with Crippen molar-refractivity contribution in [2.45, 2.75) is 38.8 Å². The van der Waals surface area contributed by atoms with Crippen molar-refractivity contribution in [1.29, 1.82) is 0 Å². The highest BCUT2D eigenvalue weighted by molar-refractivity contribution is 5.32. The van der Waals surface area contributed by atoms with E-state index in [-0.39, 0.29) is 11.9 Å². The van der Waals surface area contributed by atoms with Gasteiger partial charge in [-0.05, 0) is 43.9 Å². The van der Waals surface area contributed by atoms with Crippen molar-refractivity contribution in [2.24, 2.45) is 5.73 Å². The summed E-state index contributed by atoms with van der Waals surface area (Å²) in [5, 5.41) is 4.60. The van der Waals surface area contributed by atoms with Gasteiger partial charge in [0.05, 0.1) is 12.2 Å². The zero-order valence-electron chi connectivity index (χ0n) is 11.1. The molecular weight excluding hydrogens is 241 g/mol. The van der Waals surface area contributed by atoms with E-state index in [1.165, 1.54) is 23.4 Å². The Morgan fingerprint density at radius 2 is 2.11 bits per heavy atom. The SMILES string of the molecule is Cc1nn(Cc2ccc(F)cc2)c2c1C(N)CCC2. The summed E-state index contributed by atoms with van der Waals surface area (Å²) in [5.74, 6) is -0.204. The van der Waals surface area contributed by atoms with E-state index in [1.54, 1.807) is 0 Å². The molecule has 0 spiro atoms. The molecule has 1 aliphatic carbocycles. The van der Waals surface area contributed by atoms with Crippen LogP contribution in [0.25, 0.3) is 0 Å². The number of nitrogens with zero attached hydrogens (tertiary/aromatic N) is 2. The van der Waals surface area contributed by atoms with Crippen LogP contribution in [0.2, 0.25) is 0 Å². The summed E-state index contributed by atoms with van der Waals surface area (Å²) in [7, 11) is 0. The number of rotatable bonds is 2. The predicted octanol–water partition coefficient (Wildman–Crippen LogP) is 2.72. The second-order valence-corrected chi connectivity index (χ2v) is 5.23. The number of aryl methyl sites for hydroxylation is 1. The van der Waals surface area contributed by atoms with Crippen molar-refractivity contribution in [3.05, 3.63) is 52.6 Å². The van der Waals surface area contributed by atoms with Gasteiger partial charge in [-0.3, -0.25) is 4.68 Å². The van der Waals surface area contributed by atoms with Crippen molar-refractivity contribution < 1.29 is 4.39 Å². The van der Waals surface area contributed by atoms with Crippen LogP contribution in [0.1, 0.15) is 41.4 Å². The standard InChI is InChI=1S/C15H18FN3/c1-10-15-13(17)3-2-4-14(15)19(18-10)9-11-5-7-12(16)8-6-11/h5-8,13H,2-4,9,17H2,1H3. The first-order chi connectivity index (χ1) is 9.15. The fourth-order valence-corrected chi connectivity index (χ4v) is 2.92. The molecule has 0 saturated carbocycles. The Bertz CT molecular complexity index is 586. The topological polar surface area (TPSA) is 43.8 Å². The van der Waals surface area contributed by atoms with E-state index in [9.17, 15) is 4.39 Å². The Hall–Kier alpha value is -1.68. The number of hydrogen-bond donors (Lipinski definition) is 1. The molecule has 0 bridgehead atoms. The fourth-order valence-electron chi connectivity index (χ4n) is 2.92. The third-order valence-corrected chi connectivity index (χ3v) is 3.83. The monoisotopic (exact) mass is 259 g/mol. The Labute approximate surface area is 112 Å². The van der Waals surface area contributed by atoms with Crippen molar-refractivity contribution >= 4 is 0 Å². The first-order valence-corrected chi connectivity index (χ1v) is 6.71. The molecule has 0 saturated heterocycles. The van der Waals surface area contributed by atoms with Gasteiger partial charge < -0.3 is 5.73 Å². The van der Waals surface area contributed by atoms with Crippen LogP contribution in [0.15, 0.2) is 24.3 Å². The summed E-state index contributed by atoms with van der Waals surface area (Å²) in [6.07, 6.45) is 3.18. The lowest BCUT2D eigenvalue weighted by Gasteiger charge is -2.20. The highest BCUT2D eigenvalue weighted by atomic mass is 19.1. The van der Waals surface area contributed by atoms with Gasteiger partial charge in [-0.15, -0.1) is 0 Å². The molecule has 1 aliphatic rings. The van der Waals surface area contributed by atoms with Crippen molar-refractivity contribution in [1.82, 2.24) is 9.78 Å². The summed E-state index contributed by atoms with van der Waals surface area (Å²) in [6.45, 7) is 2.70. The van der Waals surface area contributed by atoms with Crippen LogP contribution in [0, 0.1) is 12.7 Å². The van der Waals surface area contributed by atoms with Crippen molar-refractivity contribution in [3.8, 4) is 0 Å². The summed E-state index contributed by atoms with van der Waals surface area (Å²) in [5.41, 5.74) is 10.7. The average Bonchev–Trinajstić information content (AvgIpc) is 2.70. The number of halogens is 1. The first-order valence-electron chi connectivity index (χ1n) is 6.71.